The van der Waals surface area contributed by atoms with Crippen LogP contribution in [0.4, 0.5) is 0 Å². The summed E-state index contributed by atoms with van der Waals surface area (Å²) in [5.41, 5.74) is 0.898. The summed E-state index contributed by atoms with van der Waals surface area (Å²) in [4.78, 5) is 3.81. The van der Waals surface area contributed by atoms with Gasteiger partial charge in [0.1, 0.15) is 0 Å². The maximum absolute atomic E-state index is 3.81. The van der Waals surface area contributed by atoms with E-state index in [9.17, 15) is 0 Å². The zero-order valence-electron chi connectivity index (χ0n) is 4.52. The monoisotopic (exact) mass is 95.1 g/mol. The van der Waals surface area contributed by atoms with E-state index in [-0.39, 0.29) is 0 Å². The van der Waals surface area contributed by atoms with Crippen molar-refractivity contribution in [2.75, 3.05) is 0 Å². The predicted molar refractivity (Wildman–Crippen MR) is 33.5 cm³/mol. The van der Waals surface area contributed by atoms with Crippen LogP contribution >= 0.6 is 0 Å². The third-order valence-electron chi connectivity index (χ3n) is 0.590. The van der Waals surface area contributed by atoms with Crippen LogP contribution in [0.25, 0.3) is 0 Å². The molecule has 0 aliphatic heterocycles. The van der Waals surface area contributed by atoms with Crippen LogP contribution in [0, 0.1) is 0 Å². The molecule has 0 unspecified atom stereocenters. The van der Waals surface area contributed by atoms with E-state index in [0.29, 0.717) is 0 Å². The first-order chi connectivity index (χ1) is 3.31. The van der Waals surface area contributed by atoms with Crippen LogP contribution in [0.5, 0.6) is 0 Å². The van der Waals surface area contributed by atoms with Crippen LogP contribution in [-0.4, -0.2) is 5.71 Å². The second-order valence-electron chi connectivity index (χ2n) is 1.16. The predicted octanol–water partition coefficient (Wildman–Crippen LogP) is 1.78. The molecule has 0 amide bonds. The largest absolute Gasteiger partial charge is 0.262 e. The summed E-state index contributed by atoms with van der Waals surface area (Å²) in [5, 5.41) is 0. The van der Waals surface area contributed by atoms with E-state index in [0.717, 1.165) is 5.71 Å². The van der Waals surface area contributed by atoms with Gasteiger partial charge in [-0.3, -0.25) is 4.99 Å². The van der Waals surface area contributed by atoms with Gasteiger partial charge in [-0.25, -0.2) is 0 Å². The highest BCUT2D eigenvalue weighted by Crippen LogP contribution is 1.76. The SMILES string of the molecule is C=C/N=C(\C)C=C. The van der Waals surface area contributed by atoms with Gasteiger partial charge < -0.3 is 0 Å². The van der Waals surface area contributed by atoms with E-state index >= 15 is 0 Å². The van der Waals surface area contributed by atoms with Crippen LogP contribution < -0.4 is 0 Å². The minimum Gasteiger partial charge on any atom is -0.262 e. The zero-order valence-corrected chi connectivity index (χ0v) is 4.52. The van der Waals surface area contributed by atoms with E-state index in [4.69, 9.17) is 0 Å². The molecule has 0 aliphatic rings. The lowest BCUT2D eigenvalue weighted by Crippen LogP contribution is -1.77. The molecule has 0 radical (unpaired) electrons. The van der Waals surface area contributed by atoms with Gasteiger partial charge in [-0.1, -0.05) is 13.2 Å². The first-order valence-corrected chi connectivity index (χ1v) is 2.09. The Morgan fingerprint density at radius 2 is 2.14 bits per heavy atom. The molecule has 0 spiro atoms. The lowest BCUT2D eigenvalue weighted by Gasteiger charge is -1.79. The maximum Gasteiger partial charge on any atom is 0.0366 e. The fourth-order valence-electron chi connectivity index (χ4n) is 0.197. The van der Waals surface area contributed by atoms with Gasteiger partial charge in [-0.15, -0.1) is 0 Å². The molecule has 0 aromatic rings. The van der Waals surface area contributed by atoms with E-state index in [1.54, 1.807) is 6.08 Å². The van der Waals surface area contributed by atoms with Gasteiger partial charge in [0.05, 0.1) is 0 Å². The average molecular weight is 95.1 g/mol. The summed E-state index contributed by atoms with van der Waals surface area (Å²) in [6, 6.07) is 0. The van der Waals surface area contributed by atoms with Crippen molar-refractivity contribution >= 4 is 5.71 Å². The van der Waals surface area contributed by atoms with Crippen LogP contribution in [0.15, 0.2) is 30.4 Å². The molecule has 0 rings (SSSR count). The van der Waals surface area contributed by atoms with Gasteiger partial charge in [0.25, 0.3) is 0 Å². The Morgan fingerprint density at radius 1 is 1.57 bits per heavy atom. The van der Waals surface area contributed by atoms with E-state index < -0.39 is 0 Å². The van der Waals surface area contributed by atoms with Crippen LogP contribution in [0.1, 0.15) is 6.92 Å². The summed E-state index contributed by atoms with van der Waals surface area (Å²) in [7, 11) is 0. The molecule has 0 aromatic carbocycles. The highest BCUT2D eigenvalue weighted by molar-refractivity contribution is 5.92. The summed E-state index contributed by atoms with van der Waals surface area (Å²) in [6.07, 6.45) is 3.18. The van der Waals surface area contributed by atoms with Gasteiger partial charge >= 0.3 is 0 Å². The molecule has 0 heterocycles. The Kier molecular flexibility index (Phi) is 2.94. The number of hydrogen-bond acceptors (Lipinski definition) is 1. The lowest BCUT2D eigenvalue weighted by atomic mass is 10.4. The van der Waals surface area contributed by atoms with Crippen molar-refractivity contribution in [3.8, 4) is 0 Å². The molecule has 0 aliphatic carbocycles. The van der Waals surface area contributed by atoms with E-state index in [2.05, 4.69) is 18.2 Å². The van der Waals surface area contributed by atoms with Crippen LogP contribution in [0.3, 0.4) is 0 Å². The normalized spacial score (nSPS) is 10.7. The van der Waals surface area contributed by atoms with Gasteiger partial charge in [-0.2, -0.15) is 0 Å². The summed E-state index contributed by atoms with van der Waals surface area (Å²) < 4.78 is 0. The van der Waals surface area contributed by atoms with E-state index in [1.165, 1.54) is 6.20 Å². The number of allylic oxidation sites excluding steroid dienone is 1. The van der Waals surface area contributed by atoms with Crippen LogP contribution in [0.2, 0.25) is 0 Å². The topological polar surface area (TPSA) is 12.4 Å². The molecular weight excluding hydrogens is 86.1 g/mol. The molecule has 0 bridgehead atoms. The molecule has 1 heteroatoms. The molecule has 0 saturated carbocycles. The van der Waals surface area contributed by atoms with Gasteiger partial charge in [0, 0.05) is 11.9 Å². The van der Waals surface area contributed by atoms with Crippen molar-refractivity contribution in [1.29, 1.82) is 0 Å². The first kappa shape index (κ1) is 6.15. The Bertz CT molecular complexity index is 101. The Balaban J connectivity index is 3.72. The lowest BCUT2D eigenvalue weighted by molar-refractivity contribution is 1.56. The van der Waals surface area contributed by atoms with Crippen molar-refractivity contribution in [2.45, 2.75) is 6.92 Å². The highest BCUT2D eigenvalue weighted by atomic mass is 14.7. The first-order valence-electron chi connectivity index (χ1n) is 2.09. The number of aliphatic imine (C=N–C) groups is 1. The standard InChI is InChI=1S/C6H9N/c1-4-6(3)7-5-2/h4-5H,1-2H2,3H3/b7-6+. The second-order valence-corrected chi connectivity index (χ2v) is 1.16. The number of nitrogens with zero attached hydrogens (tertiary/aromatic N) is 1. The van der Waals surface area contributed by atoms with Gasteiger partial charge in [-0.05, 0) is 13.0 Å². The second kappa shape index (κ2) is 3.34. The molecule has 38 valence electrons. The summed E-state index contributed by atoms with van der Waals surface area (Å²) in [5.74, 6) is 0. The molecule has 0 N–H and O–H groups in total. The third kappa shape index (κ3) is 2.97. The minimum atomic E-state index is 0.898. The molecule has 0 saturated heterocycles. The summed E-state index contributed by atoms with van der Waals surface area (Å²) >= 11 is 0. The van der Waals surface area contributed by atoms with E-state index in [1.807, 2.05) is 6.92 Å². The Morgan fingerprint density at radius 3 is 2.29 bits per heavy atom. The molecule has 0 aromatic heterocycles. The Hall–Kier alpha value is -0.850. The zero-order chi connectivity index (χ0) is 5.70. The Labute approximate surface area is 44.1 Å². The average Bonchev–Trinajstić information content (AvgIpc) is 1.68. The molecule has 7 heavy (non-hydrogen) atoms. The fourth-order valence-corrected chi connectivity index (χ4v) is 0.197. The van der Waals surface area contributed by atoms with Crippen molar-refractivity contribution in [3.05, 3.63) is 25.4 Å². The van der Waals surface area contributed by atoms with Crippen molar-refractivity contribution in [3.63, 3.8) is 0 Å². The molecule has 0 atom stereocenters. The molecule has 0 fully saturated rings. The molecular formula is C6H9N. The van der Waals surface area contributed by atoms with Crippen molar-refractivity contribution < 1.29 is 0 Å². The third-order valence-corrected chi connectivity index (χ3v) is 0.590. The van der Waals surface area contributed by atoms with Crippen molar-refractivity contribution in [1.82, 2.24) is 0 Å². The van der Waals surface area contributed by atoms with Gasteiger partial charge in [0.2, 0.25) is 0 Å². The fraction of sp³-hybridized carbons (Fsp3) is 0.167. The number of hydrogen-bond donors (Lipinski definition) is 0. The van der Waals surface area contributed by atoms with Gasteiger partial charge in [0.15, 0.2) is 0 Å². The highest BCUT2D eigenvalue weighted by Gasteiger charge is 1.70. The summed E-state index contributed by atoms with van der Waals surface area (Å²) in [6.45, 7) is 8.78. The van der Waals surface area contributed by atoms with Crippen molar-refractivity contribution in [2.24, 2.45) is 4.99 Å². The smallest absolute Gasteiger partial charge is 0.0366 e. The molecule has 1 nitrogen and oxygen atoms in total. The quantitative estimate of drug-likeness (QED) is 0.463. The van der Waals surface area contributed by atoms with Crippen LogP contribution in [-0.2, 0) is 0 Å². The minimum absolute atomic E-state index is 0.898. The number of rotatable bonds is 2. The maximum atomic E-state index is 3.81.